The van der Waals surface area contributed by atoms with Crippen molar-refractivity contribution in [2.75, 3.05) is 42.0 Å². The van der Waals surface area contributed by atoms with Crippen molar-refractivity contribution in [3.05, 3.63) is 53.1 Å². The summed E-state index contributed by atoms with van der Waals surface area (Å²) in [5.74, 6) is 1.16. The smallest absolute Gasteiger partial charge is 0.251 e. The van der Waals surface area contributed by atoms with E-state index in [0.29, 0.717) is 29.4 Å². The third-order valence-electron chi connectivity index (χ3n) is 4.47. The van der Waals surface area contributed by atoms with Crippen LogP contribution in [0.15, 0.2) is 36.4 Å². The summed E-state index contributed by atoms with van der Waals surface area (Å²) in [4.78, 5) is 14.8. The Bertz CT molecular complexity index is 747. The van der Waals surface area contributed by atoms with Gasteiger partial charge in [0, 0.05) is 12.1 Å². The number of hydrogen-bond donors (Lipinski definition) is 1. The highest BCUT2D eigenvalue weighted by Gasteiger charge is 2.19. The largest absolute Gasteiger partial charge is 0.493 e. The molecule has 2 aromatic rings. The lowest BCUT2D eigenvalue weighted by molar-refractivity contribution is 0.0941. The summed E-state index contributed by atoms with van der Waals surface area (Å²) < 4.78 is 15.9. The number of amides is 1. The summed E-state index contributed by atoms with van der Waals surface area (Å²) in [6.45, 7) is 2.53. The molecule has 2 aromatic carbocycles. The second kappa shape index (κ2) is 9.28. The molecule has 0 aromatic heterocycles. The Labute approximate surface area is 161 Å². The first-order chi connectivity index (χ1) is 12.9. The standard InChI is InChI=1S/C21H28N2O4/c1-14-7-9-15(10-8-14)17(23(2)3)13-22-21(24)16-11-18(25-4)20(27-6)19(12-16)26-5/h7-12,17H,13H2,1-6H3,(H,22,24)/t17-/m0/s1. The van der Waals surface area contributed by atoms with Gasteiger partial charge in [-0.05, 0) is 38.7 Å². The lowest BCUT2D eigenvalue weighted by Gasteiger charge is -2.25. The lowest BCUT2D eigenvalue weighted by atomic mass is 10.0. The van der Waals surface area contributed by atoms with Crippen molar-refractivity contribution in [2.45, 2.75) is 13.0 Å². The van der Waals surface area contributed by atoms with E-state index < -0.39 is 0 Å². The van der Waals surface area contributed by atoms with Crippen LogP contribution < -0.4 is 19.5 Å². The molecule has 0 aliphatic rings. The summed E-state index contributed by atoms with van der Waals surface area (Å²) >= 11 is 0. The molecule has 6 nitrogen and oxygen atoms in total. The molecular formula is C21H28N2O4. The Morgan fingerprint density at radius 3 is 2.00 bits per heavy atom. The number of aryl methyl sites for hydroxylation is 1. The van der Waals surface area contributed by atoms with Gasteiger partial charge in [-0.25, -0.2) is 0 Å². The summed E-state index contributed by atoms with van der Waals surface area (Å²) in [6.07, 6.45) is 0. The van der Waals surface area contributed by atoms with Crippen LogP contribution in [0.4, 0.5) is 0 Å². The number of carbonyl (C=O) groups excluding carboxylic acids is 1. The van der Waals surface area contributed by atoms with Gasteiger partial charge in [-0.3, -0.25) is 4.79 Å². The zero-order valence-corrected chi connectivity index (χ0v) is 16.8. The maximum absolute atomic E-state index is 12.7. The third kappa shape index (κ3) is 4.92. The average Bonchev–Trinajstić information content (AvgIpc) is 2.67. The van der Waals surface area contributed by atoms with Gasteiger partial charge in [0.2, 0.25) is 5.75 Å². The molecule has 0 unspecified atom stereocenters. The maximum Gasteiger partial charge on any atom is 0.251 e. The summed E-state index contributed by atoms with van der Waals surface area (Å²) in [7, 11) is 8.58. The van der Waals surface area contributed by atoms with E-state index in [-0.39, 0.29) is 11.9 Å². The zero-order chi connectivity index (χ0) is 20.0. The number of methoxy groups -OCH3 is 3. The van der Waals surface area contributed by atoms with Crippen LogP contribution in [-0.2, 0) is 0 Å². The Morgan fingerprint density at radius 1 is 1.00 bits per heavy atom. The second-order valence-corrected chi connectivity index (χ2v) is 6.51. The quantitative estimate of drug-likeness (QED) is 0.772. The van der Waals surface area contributed by atoms with Crippen LogP contribution in [0.3, 0.4) is 0 Å². The Kier molecular flexibility index (Phi) is 7.07. The molecule has 6 heteroatoms. The van der Waals surface area contributed by atoms with E-state index in [2.05, 4.69) is 41.4 Å². The number of nitrogens with zero attached hydrogens (tertiary/aromatic N) is 1. The highest BCUT2D eigenvalue weighted by Crippen LogP contribution is 2.38. The van der Waals surface area contributed by atoms with Crippen molar-refractivity contribution < 1.29 is 19.0 Å². The van der Waals surface area contributed by atoms with Crippen molar-refractivity contribution >= 4 is 5.91 Å². The van der Waals surface area contributed by atoms with Crippen LogP contribution in [0, 0.1) is 6.92 Å². The van der Waals surface area contributed by atoms with Gasteiger partial charge >= 0.3 is 0 Å². The maximum atomic E-state index is 12.7. The fraction of sp³-hybridized carbons (Fsp3) is 0.381. The predicted molar refractivity (Wildman–Crippen MR) is 106 cm³/mol. The topological polar surface area (TPSA) is 60.0 Å². The van der Waals surface area contributed by atoms with Gasteiger partial charge in [0.15, 0.2) is 11.5 Å². The van der Waals surface area contributed by atoms with Crippen molar-refractivity contribution in [1.29, 1.82) is 0 Å². The van der Waals surface area contributed by atoms with E-state index in [4.69, 9.17) is 14.2 Å². The molecule has 0 radical (unpaired) electrons. The van der Waals surface area contributed by atoms with Gasteiger partial charge in [0.25, 0.3) is 5.91 Å². The van der Waals surface area contributed by atoms with Crippen LogP contribution >= 0.6 is 0 Å². The molecule has 1 atom stereocenters. The van der Waals surface area contributed by atoms with E-state index in [1.165, 1.54) is 26.9 Å². The lowest BCUT2D eigenvalue weighted by Crippen LogP contribution is -2.34. The minimum absolute atomic E-state index is 0.0663. The molecule has 0 heterocycles. The molecule has 1 amide bonds. The molecule has 0 saturated heterocycles. The summed E-state index contributed by atoms with van der Waals surface area (Å²) in [5, 5.41) is 3.00. The van der Waals surface area contributed by atoms with Crippen molar-refractivity contribution in [3.8, 4) is 17.2 Å². The Hall–Kier alpha value is -2.73. The SMILES string of the molecule is COc1cc(C(=O)NC[C@@H](c2ccc(C)cc2)N(C)C)cc(OC)c1OC. The van der Waals surface area contributed by atoms with E-state index in [1.807, 2.05) is 14.1 Å². The number of likely N-dealkylation sites (N-methyl/N-ethyl adjacent to an activating group) is 1. The molecule has 2 rings (SSSR count). The van der Waals surface area contributed by atoms with Crippen LogP contribution in [0.2, 0.25) is 0 Å². The fourth-order valence-corrected chi connectivity index (χ4v) is 2.89. The van der Waals surface area contributed by atoms with E-state index in [0.717, 1.165) is 5.56 Å². The number of rotatable bonds is 8. The van der Waals surface area contributed by atoms with Gasteiger partial charge < -0.3 is 24.4 Å². The number of benzene rings is 2. The van der Waals surface area contributed by atoms with Crippen LogP contribution in [-0.4, -0.2) is 52.8 Å². The number of nitrogens with one attached hydrogen (secondary N) is 1. The molecule has 146 valence electrons. The van der Waals surface area contributed by atoms with Crippen LogP contribution in [0.1, 0.15) is 27.5 Å². The highest BCUT2D eigenvalue weighted by atomic mass is 16.5. The van der Waals surface area contributed by atoms with Crippen molar-refractivity contribution in [3.63, 3.8) is 0 Å². The van der Waals surface area contributed by atoms with Crippen LogP contribution in [0.5, 0.6) is 17.2 Å². The summed E-state index contributed by atoms with van der Waals surface area (Å²) in [6, 6.07) is 11.7. The Balaban J connectivity index is 2.19. The molecule has 0 aliphatic carbocycles. The highest BCUT2D eigenvalue weighted by molar-refractivity contribution is 5.95. The minimum Gasteiger partial charge on any atom is -0.493 e. The first-order valence-electron chi connectivity index (χ1n) is 8.72. The van der Waals surface area contributed by atoms with Crippen molar-refractivity contribution in [1.82, 2.24) is 10.2 Å². The molecule has 0 saturated carbocycles. The first-order valence-corrected chi connectivity index (χ1v) is 8.72. The van der Waals surface area contributed by atoms with Gasteiger partial charge in [0.05, 0.1) is 27.4 Å². The molecular weight excluding hydrogens is 344 g/mol. The minimum atomic E-state index is -0.201. The zero-order valence-electron chi connectivity index (χ0n) is 16.8. The normalized spacial score (nSPS) is 11.8. The molecule has 27 heavy (non-hydrogen) atoms. The third-order valence-corrected chi connectivity index (χ3v) is 4.47. The van der Waals surface area contributed by atoms with E-state index in [1.54, 1.807) is 12.1 Å². The number of ether oxygens (including phenoxy) is 3. The number of carbonyl (C=O) groups is 1. The molecule has 0 bridgehead atoms. The van der Waals surface area contributed by atoms with Crippen LogP contribution in [0.25, 0.3) is 0 Å². The van der Waals surface area contributed by atoms with Gasteiger partial charge in [-0.1, -0.05) is 29.8 Å². The van der Waals surface area contributed by atoms with E-state index >= 15 is 0 Å². The molecule has 0 spiro atoms. The van der Waals surface area contributed by atoms with E-state index in [9.17, 15) is 4.79 Å². The second-order valence-electron chi connectivity index (χ2n) is 6.51. The fourth-order valence-electron chi connectivity index (χ4n) is 2.89. The van der Waals surface area contributed by atoms with Gasteiger partial charge in [0.1, 0.15) is 0 Å². The first kappa shape index (κ1) is 20.6. The monoisotopic (exact) mass is 372 g/mol. The predicted octanol–water partition coefficient (Wildman–Crippen LogP) is 3.05. The molecule has 1 N–H and O–H groups in total. The molecule has 0 aliphatic heterocycles. The summed E-state index contributed by atoms with van der Waals surface area (Å²) in [5.41, 5.74) is 2.81. The van der Waals surface area contributed by atoms with Gasteiger partial charge in [-0.15, -0.1) is 0 Å². The number of hydrogen-bond acceptors (Lipinski definition) is 5. The average molecular weight is 372 g/mol. The Morgan fingerprint density at radius 2 is 1.56 bits per heavy atom. The molecule has 0 fully saturated rings. The van der Waals surface area contributed by atoms with Gasteiger partial charge in [-0.2, -0.15) is 0 Å². The van der Waals surface area contributed by atoms with Crippen molar-refractivity contribution in [2.24, 2.45) is 0 Å².